The Morgan fingerprint density at radius 3 is 2.50 bits per heavy atom. The SMILES string of the molecule is CCc1c(F)c(Cl)nc(Cl)c1C(=O)O. The molecular formula is C8H6Cl2FNO2. The number of halogens is 3. The molecule has 0 fully saturated rings. The Labute approximate surface area is 89.5 Å². The smallest absolute Gasteiger partial charge is 0.339 e. The lowest BCUT2D eigenvalue weighted by atomic mass is 10.1. The van der Waals surface area contributed by atoms with Crippen LogP contribution in [0.2, 0.25) is 10.3 Å². The number of nitrogens with zero attached hydrogens (tertiary/aromatic N) is 1. The number of carbonyl (C=O) groups is 1. The van der Waals surface area contributed by atoms with Crippen LogP contribution in [0.5, 0.6) is 0 Å². The molecular weight excluding hydrogens is 232 g/mol. The van der Waals surface area contributed by atoms with Gasteiger partial charge in [0.1, 0.15) is 10.7 Å². The van der Waals surface area contributed by atoms with E-state index in [9.17, 15) is 9.18 Å². The summed E-state index contributed by atoms with van der Waals surface area (Å²) in [6.45, 7) is 1.61. The number of pyridine rings is 1. The molecule has 3 nitrogen and oxygen atoms in total. The highest BCUT2D eigenvalue weighted by atomic mass is 35.5. The number of carboxylic acids is 1. The molecule has 0 saturated carbocycles. The van der Waals surface area contributed by atoms with Gasteiger partial charge in [-0.25, -0.2) is 14.2 Å². The van der Waals surface area contributed by atoms with Crippen molar-refractivity contribution in [2.45, 2.75) is 13.3 Å². The van der Waals surface area contributed by atoms with Gasteiger partial charge in [-0.15, -0.1) is 0 Å². The molecule has 0 aliphatic rings. The minimum absolute atomic E-state index is 0.0255. The molecule has 1 aromatic rings. The maximum Gasteiger partial charge on any atom is 0.339 e. The molecule has 0 spiro atoms. The minimum atomic E-state index is -1.31. The summed E-state index contributed by atoms with van der Waals surface area (Å²) < 4.78 is 13.3. The van der Waals surface area contributed by atoms with E-state index in [1.54, 1.807) is 6.92 Å². The summed E-state index contributed by atoms with van der Waals surface area (Å²) in [4.78, 5) is 14.1. The van der Waals surface area contributed by atoms with Gasteiger partial charge in [0.15, 0.2) is 11.0 Å². The first-order valence-electron chi connectivity index (χ1n) is 3.75. The van der Waals surface area contributed by atoms with Crippen molar-refractivity contribution in [1.29, 1.82) is 0 Å². The minimum Gasteiger partial charge on any atom is -0.478 e. The van der Waals surface area contributed by atoms with Gasteiger partial charge in [-0.3, -0.25) is 0 Å². The third kappa shape index (κ3) is 1.81. The van der Waals surface area contributed by atoms with E-state index < -0.39 is 16.9 Å². The van der Waals surface area contributed by atoms with Crippen molar-refractivity contribution in [3.8, 4) is 0 Å². The molecule has 1 rings (SSSR count). The van der Waals surface area contributed by atoms with Crippen LogP contribution in [0.1, 0.15) is 22.8 Å². The van der Waals surface area contributed by atoms with Crippen LogP contribution in [0.15, 0.2) is 0 Å². The molecule has 14 heavy (non-hydrogen) atoms. The number of hydrogen-bond acceptors (Lipinski definition) is 2. The lowest BCUT2D eigenvalue weighted by molar-refractivity contribution is 0.0695. The van der Waals surface area contributed by atoms with Crippen LogP contribution in [-0.4, -0.2) is 16.1 Å². The zero-order valence-electron chi connectivity index (χ0n) is 7.14. The lowest BCUT2D eigenvalue weighted by Crippen LogP contribution is -2.07. The van der Waals surface area contributed by atoms with Crippen molar-refractivity contribution >= 4 is 29.2 Å². The first-order chi connectivity index (χ1) is 6.49. The van der Waals surface area contributed by atoms with Gasteiger partial charge in [0.2, 0.25) is 0 Å². The standard InChI is InChI=1S/C8H6Cl2FNO2/c1-2-3-4(8(13)14)6(9)12-7(10)5(3)11/h2H2,1H3,(H,13,14). The van der Waals surface area contributed by atoms with Crippen LogP contribution in [-0.2, 0) is 6.42 Å². The molecule has 0 bridgehead atoms. The topological polar surface area (TPSA) is 50.2 Å². The monoisotopic (exact) mass is 237 g/mol. The molecule has 6 heteroatoms. The molecule has 0 saturated heterocycles. The molecule has 0 amide bonds. The zero-order valence-corrected chi connectivity index (χ0v) is 8.66. The largest absolute Gasteiger partial charge is 0.478 e. The van der Waals surface area contributed by atoms with Gasteiger partial charge in [0.25, 0.3) is 0 Å². The van der Waals surface area contributed by atoms with Crippen LogP contribution in [0.3, 0.4) is 0 Å². The first kappa shape index (κ1) is 11.2. The van der Waals surface area contributed by atoms with E-state index in [-0.39, 0.29) is 22.7 Å². The highest BCUT2D eigenvalue weighted by molar-refractivity contribution is 6.34. The fraction of sp³-hybridized carbons (Fsp3) is 0.250. The normalized spacial score (nSPS) is 10.3. The van der Waals surface area contributed by atoms with Gasteiger partial charge in [-0.1, -0.05) is 30.1 Å². The molecule has 0 aromatic carbocycles. The van der Waals surface area contributed by atoms with Gasteiger partial charge in [-0.05, 0) is 6.42 Å². The quantitative estimate of drug-likeness (QED) is 0.806. The van der Waals surface area contributed by atoms with Gasteiger partial charge < -0.3 is 5.11 Å². The highest BCUT2D eigenvalue weighted by Crippen LogP contribution is 2.26. The maximum atomic E-state index is 13.3. The average Bonchev–Trinajstić information content (AvgIpc) is 2.09. The summed E-state index contributed by atoms with van der Waals surface area (Å²) in [5, 5.41) is 8.06. The summed E-state index contributed by atoms with van der Waals surface area (Å²) in [5.41, 5.74) is -0.349. The number of rotatable bonds is 2. The Kier molecular flexibility index (Phi) is 3.29. The Hall–Kier alpha value is -0.870. The van der Waals surface area contributed by atoms with Crippen molar-refractivity contribution in [2.24, 2.45) is 0 Å². The van der Waals surface area contributed by atoms with E-state index in [1.165, 1.54) is 0 Å². The number of hydrogen-bond donors (Lipinski definition) is 1. The van der Waals surface area contributed by atoms with Gasteiger partial charge in [0, 0.05) is 5.56 Å². The Balaban J connectivity index is 3.55. The second-order valence-electron chi connectivity index (χ2n) is 2.52. The Bertz CT molecular complexity index is 395. The van der Waals surface area contributed by atoms with Crippen molar-refractivity contribution in [3.63, 3.8) is 0 Å². The van der Waals surface area contributed by atoms with Gasteiger partial charge >= 0.3 is 5.97 Å². The van der Waals surface area contributed by atoms with Gasteiger partial charge in [-0.2, -0.15) is 0 Å². The predicted octanol–water partition coefficient (Wildman–Crippen LogP) is 2.79. The molecule has 0 atom stereocenters. The Morgan fingerprint density at radius 2 is 2.07 bits per heavy atom. The lowest BCUT2D eigenvalue weighted by Gasteiger charge is -2.07. The maximum absolute atomic E-state index is 13.3. The number of aromatic nitrogens is 1. The van der Waals surface area contributed by atoms with E-state index in [2.05, 4.69) is 4.98 Å². The van der Waals surface area contributed by atoms with Crippen LogP contribution in [0, 0.1) is 5.82 Å². The molecule has 1 heterocycles. The third-order valence-electron chi connectivity index (χ3n) is 1.72. The van der Waals surface area contributed by atoms with Gasteiger partial charge in [0.05, 0.1) is 0 Å². The number of carboxylic acid groups (broad SMARTS) is 1. The molecule has 0 radical (unpaired) electrons. The first-order valence-corrected chi connectivity index (χ1v) is 4.51. The van der Waals surface area contributed by atoms with E-state index >= 15 is 0 Å². The van der Waals surface area contributed by atoms with Crippen molar-refractivity contribution in [1.82, 2.24) is 4.98 Å². The fourth-order valence-electron chi connectivity index (χ4n) is 1.10. The van der Waals surface area contributed by atoms with Crippen molar-refractivity contribution in [2.75, 3.05) is 0 Å². The summed E-state index contributed by atoms with van der Waals surface area (Å²) in [6, 6.07) is 0. The second-order valence-corrected chi connectivity index (χ2v) is 3.24. The van der Waals surface area contributed by atoms with E-state index in [1.807, 2.05) is 0 Å². The fourth-order valence-corrected chi connectivity index (χ4v) is 1.62. The van der Waals surface area contributed by atoms with Crippen LogP contribution in [0.4, 0.5) is 4.39 Å². The summed E-state index contributed by atoms with van der Waals surface area (Å²) in [6.07, 6.45) is 0.190. The average molecular weight is 238 g/mol. The predicted molar refractivity (Wildman–Crippen MR) is 50.6 cm³/mol. The summed E-state index contributed by atoms with van der Waals surface area (Å²) >= 11 is 10.9. The van der Waals surface area contributed by atoms with Crippen LogP contribution < -0.4 is 0 Å². The number of aromatic carboxylic acids is 1. The molecule has 0 aliphatic carbocycles. The molecule has 0 unspecified atom stereocenters. The van der Waals surface area contributed by atoms with E-state index in [0.29, 0.717) is 0 Å². The van der Waals surface area contributed by atoms with E-state index in [0.717, 1.165) is 0 Å². The molecule has 1 N–H and O–H groups in total. The summed E-state index contributed by atoms with van der Waals surface area (Å²) in [7, 11) is 0. The van der Waals surface area contributed by atoms with Crippen molar-refractivity contribution < 1.29 is 14.3 Å². The third-order valence-corrected chi connectivity index (χ3v) is 2.24. The highest BCUT2D eigenvalue weighted by Gasteiger charge is 2.21. The second kappa shape index (κ2) is 4.11. The molecule has 76 valence electrons. The zero-order chi connectivity index (χ0) is 10.9. The molecule has 1 aromatic heterocycles. The van der Waals surface area contributed by atoms with Crippen molar-refractivity contribution in [3.05, 3.63) is 27.3 Å². The van der Waals surface area contributed by atoms with Crippen LogP contribution in [0.25, 0.3) is 0 Å². The Morgan fingerprint density at radius 1 is 1.50 bits per heavy atom. The summed E-state index contributed by atoms with van der Waals surface area (Å²) in [5.74, 6) is -2.13. The molecule has 0 aliphatic heterocycles. The van der Waals surface area contributed by atoms with Crippen LogP contribution >= 0.6 is 23.2 Å². The van der Waals surface area contributed by atoms with E-state index in [4.69, 9.17) is 28.3 Å².